The van der Waals surface area contributed by atoms with Gasteiger partial charge in [-0.05, 0) is 31.1 Å². The summed E-state index contributed by atoms with van der Waals surface area (Å²) in [6, 6.07) is 0.793. The van der Waals surface area contributed by atoms with Crippen molar-refractivity contribution >= 4 is 0 Å². The number of methoxy groups -OCH3 is 1. The van der Waals surface area contributed by atoms with Crippen molar-refractivity contribution in [2.45, 2.75) is 52.0 Å². The minimum Gasteiger partial charge on any atom is -0.382 e. The van der Waals surface area contributed by atoms with Crippen molar-refractivity contribution < 1.29 is 14.2 Å². The van der Waals surface area contributed by atoms with Gasteiger partial charge in [0.1, 0.15) is 0 Å². The molecule has 0 aliphatic heterocycles. The van der Waals surface area contributed by atoms with Crippen LogP contribution >= 0.6 is 0 Å². The number of nitrogens with one attached hydrogen (secondary N) is 1. The van der Waals surface area contributed by atoms with E-state index in [1.165, 1.54) is 25.7 Å². The molecule has 0 heterocycles. The summed E-state index contributed by atoms with van der Waals surface area (Å²) < 4.78 is 16.0. The summed E-state index contributed by atoms with van der Waals surface area (Å²) in [6.07, 6.45) is 6.34. The van der Waals surface area contributed by atoms with E-state index >= 15 is 0 Å². The molecule has 1 aliphatic carbocycles. The Morgan fingerprint density at radius 1 is 1.00 bits per heavy atom. The SMILES string of the molecule is CCCC(C)(CCOCCOCCOC)CNC1CC1. The average Bonchev–Trinajstić information content (AvgIpc) is 3.24. The Bertz CT molecular complexity index is 234. The normalized spacial score (nSPS) is 18.1. The van der Waals surface area contributed by atoms with Crippen molar-refractivity contribution in [2.24, 2.45) is 5.41 Å². The van der Waals surface area contributed by atoms with Gasteiger partial charge in [0, 0.05) is 26.3 Å². The molecule has 1 rings (SSSR count). The molecule has 0 spiro atoms. The van der Waals surface area contributed by atoms with Crippen molar-refractivity contribution in [2.75, 3.05) is 46.7 Å². The highest BCUT2D eigenvalue weighted by molar-refractivity contribution is 4.85. The molecule has 4 heteroatoms. The molecule has 0 bridgehead atoms. The molecule has 1 aliphatic rings. The molecular weight excluding hydrogens is 254 g/mol. The lowest BCUT2D eigenvalue weighted by Gasteiger charge is -2.29. The van der Waals surface area contributed by atoms with E-state index in [9.17, 15) is 0 Å². The number of hydrogen-bond acceptors (Lipinski definition) is 4. The first kappa shape index (κ1) is 17.9. The second kappa shape index (κ2) is 10.6. The maximum absolute atomic E-state index is 5.68. The van der Waals surface area contributed by atoms with E-state index in [0.29, 0.717) is 31.8 Å². The highest BCUT2D eigenvalue weighted by atomic mass is 16.5. The zero-order valence-electron chi connectivity index (χ0n) is 13.6. The quantitative estimate of drug-likeness (QED) is 0.499. The van der Waals surface area contributed by atoms with Gasteiger partial charge in [0.25, 0.3) is 0 Å². The minimum atomic E-state index is 0.369. The summed E-state index contributed by atoms with van der Waals surface area (Å²) in [5, 5.41) is 3.66. The fourth-order valence-electron chi connectivity index (χ4n) is 2.37. The van der Waals surface area contributed by atoms with Gasteiger partial charge >= 0.3 is 0 Å². The van der Waals surface area contributed by atoms with Gasteiger partial charge in [0.05, 0.1) is 26.4 Å². The summed E-state index contributed by atoms with van der Waals surface area (Å²) in [4.78, 5) is 0. The predicted octanol–water partition coefficient (Wildman–Crippen LogP) is 2.61. The number of ether oxygens (including phenoxy) is 3. The van der Waals surface area contributed by atoms with Crippen LogP contribution in [0, 0.1) is 5.41 Å². The summed E-state index contributed by atoms with van der Waals surface area (Å²) >= 11 is 0. The Morgan fingerprint density at radius 2 is 1.65 bits per heavy atom. The van der Waals surface area contributed by atoms with E-state index < -0.39 is 0 Å². The first-order valence-electron chi connectivity index (χ1n) is 8.08. The van der Waals surface area contributed by atoms with Crippen molar-refractivity contribution in [1.29, 1.82) is 0 Å². The van der Waals surface area contributed by atoms with Gasteiger partial charge in [-0.1, -0.05) is 20.3 Å². The number of hydrogen-bond donors (Lipinski definition) is 1. The lowest BCUT2D eigenvalue weighted by atomic mass is 9.82. The van der Waals surface area contributed by atoms with Crippen molar-refractivity contribution in [1.82, 2.24) is 5.32 Å². The van der Waals surface area contributed by atoms with Crippen LogP contribution in [0.1, 0.15) is 46.0 Å². The fourth-order valence-corrected chi connectivity index (χ4v) is 2.37. The first-order chi connectivity index (χ1) is 9.70. The molecule has 1 fully saturated rings. The van der Waals surface area contributed by atoms with Gasteiger partial charge in [-0.3, -0.25) is 0 Å². The third-order valence-electron chi connectivity index (χ3n) is 3.90. The third-order valence-corrected chi connectivity index (χ3v) is 3.90. The summed E-state index contributed by atoms with van der Waals surface area (Å²) in [6.45, 7) is 9.25. The number of rotatable bonds is 14. The molecular formula is C16H33NO3. The van der Waals surface area contributed by atoms with E-state index in [4.69, 9.17) is 14.2 Å². The van der Waals surface area contributed by atoms with Crippen LogP contribution in [-0.4, -0.2) is 52.7 Å². The molecule has 1 atom stereocenters. The van der Waals surface area contributed by atoms with E-state index in [1.54, 1.807) is 7.11 Å². The predicted molar refractivity (Wildman–Crippen MR) is 82.2 cm³/mol. The molecule has 0 aromatic heterocycles. The molecule has 20 heavy (non-hydrogen) atoms. The standard InChI is InChI=1S/C16H33NO3/c1-4-7-16(2,14-17-15-5-6-15)8-9-19-12-13-20-11-10-18-3/h15,17H,4-14H2,1-3H3. The van der Waals surface area contributed by atoms with Gasteiger partial charge < -0.3 is 19.5 Å². The van der Waals surface area contributed by atoms with Gasteiger partial charge in [0.15, 0.2) is 0 Å². The van der Waals surface area contributed by atoms with Crippen LogP contribution in [0.4, 0.5) is 0 Å². The zero-order chi connectivity index (χ0) is 14.7. The van der Waals surface area contributed by atoms with E-state index in [2.05, 4.69) is 19.2 Å². The molecule has 0 radical (unpaired) electrons. The van der Waals surface area contributed by atoms with Crippen LogP contribution in [-0.2, 0) is 14.2 Å². The fraction of sp³-hybridized carbons (Fsp3) is 1.00. The smallest absolute Gasteiger partial charge is 0.0701 e. The monoisotopic (exact) mass is 287 g/mol. The third kappa shape index (κ3) is 8.90. The molecule has 1 N–H and O–H groups in total. The molecule has 0 aromatic carbocycles. The molecule has 0 amide bonds. The van der Waals surface area contributed by atoms with Gasteiger partial charge in [-0.15, -0.1) is 0 Å². The van der Waals surface area contributed by atoms with E-state index in [-0.39, 0.29) is 0 Å². The molecule has 1 unspecified atom stereocenters. The van der Waals surface area contributed by atoms with Gasteiger partial charge in [0.2, 0.25) is 0 Å². The zero-order valence-corrected chi connectivity index (χ0v) is 13.6. The molecule has 0 aromatic rings. The molecule has 4 nitrogen and oxygen atoms in total. The van der Waals surface area contributed by atoms with Crippen LogP contribution in [0.25, 0.3) is 0 Å². The summed E-state index contributed by atoms with van der Waals surface area (Å²) in [5.41, 5.74) is 0.369. The minimum absolute atomic E-state index is 0.369. The van der Waals surface area contributed by atoms with Crippen molar-refractivity contribution in [3.63, 3.8) is 0 Å². The lowest BCUT2D eigenvalue weighted by molar-refractivity contribution is 0.0168. The second-order valence-electron chi connectivity index (χ2n) is 6.18. The summed E-state index contributed by atoms with van der Waals surface area (Å²) in [7, 11) is 1.68. The van der Waals surface area contributed by atoms with Crippen molar-refractivity contribution in [3.8, 4) is 0 Å². The maximum Gasteiger partial charge on any atom is 0.0701 e. The van der Waals surface area contributed by atoms with E-state index in [0.717, 1.165) is 25.6 Å². The van der Waals surface area contributed by atoms with E-state index in [1.807, 2.05) is 0 Å². The topological polar surface area (TPSA) is 39.7 Å². The van der Waals surface area contributed by atoms with Gasteiger partial charge in [-0.25, -0.2) is 0 Å². The first-order valence-corrected chi connectivity index (χ1v) is 8.08. The Labute approximate surface area is 124 Å². The van der Waals surface area contributed by atoms with Crippen molar-refractivity contribution in [3.05, 3.63) is 0 Å². The molecule has 0 saturated heterocycles. The highest BCUT2D eigenvalue weighted by Crippen LogP contribution is 2.29. The van der Waals surface area contributed by atoms with Crippen LogP contribution in [0.15, 0.2) is 0 Å². The Balaban J connectivity index is 2.02. The average molecular weight is 287 g/mol. The largest absolute Gasteiger partial charge is 0.382 e. The van der Waals surface area contributed by atoms with Crippen LogP contribution in [0.2, 0.25) is 0 Å². The Kier molecular flexibility index (Phi) is 9.44. The molecule has 1 saturated carbocycles. The van der Waals surface area contributed by atoms with Crippen LogP contribution < -0.4 is 5.32 Å². The lowest BCUT2D eigenvalue weighted by Crippen LogP contribution is -2.34. The van der Waals surface area contributed by atoms with Crippen LogP contribution in [0.3, 0.4) is 0 Å². The Morgan fingerprint density at radius 3 is 2.25 bits per heavy atom. The summed E-state index contributed by atoms with van der Waals surface area (Å²) in [5.74, 6) is 0. The Hall–Kier alpha value is -0.160. The maximum atomic E-state index is 5.68. The second-order valence-corrected chi connectivity index (χ2v) is 6.18. The van der Waals surface area contributed by atoms with Crippen LogP contribution in [0.5, 0.6) is 0 Å². The van der Waals surface area contributed by atoms with Gasteiger partial charge in [-0.2, -0.15) is 0 Å². The molecule has 120 valence electrons. The highest BCUT2D eigenvalue weighted by Gasteiger charge is 2.27.